The molecule has 1 aliphatic heterocycles. The number of halogens is 1. The molecule has 2 rings (SSSR count). The molecule has 0 fully saturated rings. The van der Waals surface area contributed by atoms with Crippen LogP contribution < -0.4 is 10.1 Å². The van der Waals surface area contributed by atoms with Gasteiger partial charge >= 0.3 is 0 Å². The highest BCUT2D eigenvalue weighted by Crippen LogP contribution is 2.33. The average molecular weight is 227 g/mol. The first kappa shape index (κ1) is 11.3. The van der Waals surface area contributed by atoms with Crippen molar-refractivity contribution in [2.45, 2.75) is 12.7 Å². The number of hydrogen-bond donors (Lipinski definition) is 2. The Kier molecular flexibility index (Phi) is 3.38. The van der Waals surface area contributed by atoms with E-state index in [1.165, 1.54) is 12.1 Å². The van der Waals surface area contributed by atoms with Crippen LogP contribution in [0.2, 0.25) is 0 Å². The van der Waals surface area contributed by atoms with Gasteiger partial charge in [0.05, 0.1) is 12.7 Å². The van der Waals surface area contributed by atoms with Gasteiger partial charge in [0.2, 0.25) is 0 Å². The summed E-state index contributed by atoms with van der Waals surface area (Å²) in [5.74, 6) is 0.147. The molecule has 4 nitrogen and oxygen atoms in total. The summed E-state index contributed by atoms with van der Waals surface area (Å²) in [6, 6.07) is 2.66. The minimum atomic E-state index is -0.785. The second-order valence-electron chi connectivity index (χ2n) is 3.67. The summed E-state index contributed by atoms with van der Waals surface area (Å²) in [5.41, 5.74) is 1.10. The molecule has 0 radical (unpaired) electrons. The van der Waals surface area contributed by atoms with E-state index in [0.29, 0.717) is 30.0 Å². The van der Waals surface area contributed by atoms with E-state index in [0.717, 1.165) is 0 Å². The predicted molar refractivity (Wildman–Crippen MR) is 55.6 cm³/mol. The van der Waals surface area contributed by atoms with Crippen molar-refractivity contribution in [3.8, 4) is 5.75 Å². The summed E-state index contributed by atoms with van der Waals surface area (Å²) in [7, 11) is 1.72. The van der Waals surface area contributed by atoms with Gasteiger partial charge in [-0.2, -0.15) is 0 Å². The summed E-state index contributed by atoms with van der Waals surface area (Å²) < 4.78 is 23.7. The lowest BCUT2D eigenvalue weighted by Crippen LogP contribution is -2.20. The zero-order valence-corrected chi connectivity index (χ0v) is 9.00. The van der Waals surface area contributed by atoms with E-state index in [9.17, 15) is 9.50 Å². The van der Waals surface area contributed by atoms with E-state index in [1.54, 1.807) is 7.05 Å². The zero-order valence-electron chi connectivity index (χ0n) is 9.00. The van der Waals surface area contributed by atoms with Crippen molar-refractivity contribution in [3.05, 3.63) is 29.1 Å². The van der Waals surface area contributed by atoms with E-state index in [4.69, 9.17) is 9.47 Å². The van der Waals surface area contributed by atoms with Crippen molar-refractivity contribution < 1.29 is 19.0 Å². The van der Waals surface area contributed by atoms with Crippen molar-refractivity contribution in [3.63, 3.8) is 0 Å². The largest absolute Gasteiger partial charge is 0.467 e. The molecule has 1 atom stereocenters. The molecule has 0 aliphatic carbocycles. The van der Waals surface area contributed by atoms with E-state index < -0.39 is 11.9 Å². The Morgan fingerprint density at radius 3 is 3.12 bits per heavy atom. The summed E-state index contributed by atoms with van der Waals surface area (Å²) in [6.45, 7) is 0.796. The van der Waals surface area contributed by atoms with Gasteiger partial charge in [0.15, 0.2) is 6.79 Å². The Labute approximate surface area is 93.0 Å². The molecule has 0 bridgehead atoms. The second-order valence-corrected chi connectivity index (χ2v) is 3.67. The molecule has 0 aromatic heterocycles. The van der Waals surface area contributed by atoms with Gasteiger partial charge in [-0.05, 0) is 19.2 Å². The lowest BCUT2D eigenvalue weighted by Gasteiger charge is -2.23. The summed E-state index contributed by atoms with van der Waals surface area (Å²) >= 11 is 0. The number of hydrogen-bond acceptors (Lipinski definition) is 4. The zero-order chi connectivity index (χ0) is 11.5. The number of likely N-dealkylation sites (N-methyl/N-ethyl adjacent to an activating group) is 1. The lowest BCUT2D eigenvalue weighted by molar-refractivity contribution is -0.0188. The predicted octanol–water partition coefficient (Wildman–Crippen LogP) is 0.945. The molecule has 0 amide bonds. The monoisotopic (exact) mass is 227 g/mol. The molecule has 0 saturated carbocycles. The number of rotatable bonds is 3. The summed E-state index contributed by atoms with van der Waals surface area (Å²) in [4.78, 5) is 0. The van der Waals surface area contributed by atoms with Crippen molar-refractivity contribution in [2.24, 2.45) is 0 Å². The van der Waals surface area contributed by atoms with Crippen LogP contribution in [0, 0.1) is 5.82 Å². The number of benzene rings is 1. The highest BCUT2D eigenvalue weighted by atomic mass is 19.1. The standard InChI is InChI=1S/C11H14FNO3/c1-13-4-10(14)9-3-8(12)2-7-5-15-6-16-11(7)9/h2-3,10,13-14H,4-6H2,1H3. The molecule has 0 spiro atoms. The van der Waals surface area contributed by atoms with Crippen LogP contribution in [-0.2, 0) is 11.3 Å². The van der Waals surface area contributed by atoms with Crippen LogP contribution in [0.3, 0.4) is 0 Å². The van der Waals surface area contributed by atoms with Gasteiger partial charge < -0.3 is 19.9 Å². The second kappa shape index (κ2) is 4.78. The van der Waals surface area contributed by atoms with E-state index in [-0.39, 0.29) is 6.79 Å². The SMILES string of the molecule is CNCC(O)c1cc(F)cc2c1OCOC2. The van der Waals surface area contributed by atoms with Crippen molar-refractivity contribution in [2.75, 3.05) is 20.4 Å². The van der Waals surface area contributed by atoms with Crippen LogP contribution in [0.4, 0.5) is 4.39 Å². The van der Waals surface area contributed by atoms with Crippen LogP contribution in [-0.4, -0.2) is 25.5 Å². The molecule has 1 aromatic rings. The van der Waals surface area contributed by atoms with Gasteiger partial charge in [-0.25, -0.2) is 4.39 Å². The number of ether oxygens (including phenoxy) is 2. The third kappa shape index (κ3) is 2.16. The fourth-order valence-electron chi connectivity index (χ4n) is 1.76. The fraction of sp³-hybridized carbons (Fsp3) is 0.455. The first-order valence-corrected chi connectivity index (χ1v) is 5.08. The molecule has 1 aromatic carbocycles. The highest BCUT2D eigenvalue weighted by molar-refractivity contribution is 5.43. The van der Waals surface area contributed by atoms with Crippen LogP contribution in [0.1, 0.15) is 17.2 Å². The molecule has 0 saturated heterocycles. The molecule has 1 aliphatic rings. The van der Waals surface area contributed by atoms with E-state index in [2.05, 4.69) is 5.32 Å². The quantitative estimate of drug-likeness (QED) is 0.807. The molecular formula is C11H14FNO3. The van der Waals surface area contributed by atoms with E-state index >= 15 is 0 Å². The maximum absolute atomic E-state index is 13.3. The maximum Gasteiger partial charge on any atom is 0.189 e. The lowest BCUT2D eigenvalue weighted by atomic mass is 10.0. The Morgan fingerprint density at radius 2 is 2.38 bits per heavy atom. The van der Waals surface area contributed by atoms with Crippen LogP contribution in [0.5, 0.6) is 5.75 Å². The maximum atomic E-state index is 13.3. The first-order valence-electron chi connectivity index (χ1n) is 5.08. The summed E-state index contributed by atoms with van der Waals surface area (Å²) in [6.07, 6.45) is -0.785. The van der Waals surface area contributed by atoms with Gasteiger partial charge in [-0.3, -0.25) is 0 Å². The van der Waals surface area contributed by atoms with Gasteiger partial charge in [0.25, 0.3) is 0 Å². The van der Waals surface area contributed by atoms with Crippen molar-refractivity contribution >= 4 is 0 Å². The highest BCUT2D eigenvalue weighted by Gasteiger charge is 2.21. The molecule has 2 N–H and O–H groups in total. The van der Waals surface area contributed by atoms with Crippen LogP contribution in [0.15, 0.2) is 12.1 Å². The molecule has 1 heterocycles. The Hall–Kier alpha value is -1.17. The van der Waals surface area contributed by atoms with Gasteiger partial charge in [0, 0.05) is 17.7 Å². The third-order valence-electron chi connectivity index (χ3n) is 2.46. The van der Waals surface area contributed by atoms with Crippen LogP contribution in [0.25, 0.3) is 0 Å². The fourth-order valence-corrected chi connectivity index (χ4v) is 1.76. The first-order chi connectivity index (χ1) is 7.72. The number of fused-ring (bicyclic) bond motifs is 1. The average Bonchev–Trinajstić information content (AvgIpc) is 2.28. The Morgan fingerprint density at radius 1 is 1.56 bits per heavy atom. The smallest absolute Gasteiger partial charge is 0.189 e. The summed E-state index contributed by atoms with van der Waals surface area (Å²) in [5, 5.41) is 12.7. The normalized spacial score (nSPS) is 16.4. The van der Waals surface area contributed by atoms with Crippen molar-refractivity contribution in [1.82, 2.24) is 5.32 Å². The number of aliphatic hydroxyl groups is 1. The van der Waals surface area contributed by atoms with Gasteiger partial charge in [-0.1, -0.05) is 0 Å². The van der Waals surface area contributed by atoms with Gasteiger partial charge in [0.1, 0.15) is 11.6 Å². The molecule has 16 heavy (non-hydrogen) atoms. The molecule has 5 heteroatoms. The minimum absolute atomic E-state index is 0.137. The molecular weight excluding hydrogens is 213 g/mol. The Bertz CT molecular complexity index is 384. The molecule has 1 unspecified atom stereocenters. The number of aliphatic hydroxyl groups excluding tert-OH is 1. The number of nitrogens with one attached hydrogen (secondary N) is 1. The van der Waals surface area contributed by atoms with Gasteiger partial charge in [-0.15, -0.1) is 0 Å². The van der Waals surface area contributed by atoms with E-state index in [1.807, 2.05) is 0 Å². The minimum Gasteiger partial charge on any atom is -0.467 e. The topological polar surface area (TPSA) is 50.7 Å². The molecule has 88 valence electrons. The Balaban J connectivity index is 2.38. The third-order valence-corrected chi connectivity index (χ3v) is 2.46. The van der Waals surface area contributed by atoms with Crippen LogP contribution >= 0.6 is 0 Å². The van der Waals surface area contributed by atoms with Crippen molar-refractivity contribution in [1.29, 1.82) is 0 Å².